The molecule has 1 aliphatic rings. The Morgan fingerprint density at radius 2 is 1.30 bits per heavy atom. The second-order valence-corrected chi connectivity index (χ2v) is 10.0. The molecule has 0 saturated heterocycles. The third kappa shape index (κ3) is 3.12. The van der Waals surface area contributed by atoms with Gasteiger partial charge in [0.15, 0.2) is 0 Å². The number of nitrogens with zero attached hydrogens (tertiary/aromatic N) is 1. The minimum atomic E-state index is -0.0808. The molecule has 0 bridgehead atoms. The maximum Gasteiger partial charge on any atom is 0.0167 e. The zero-order valence-electron chi connectivity index (χ0n) is 19.4. The Morgan fingerprint density at radius 3 is 2.06 bits per heavy atom. The van der Waals surface area contributed by atoms with Crippen LogP contribution in [0.3, 0.4) is 0 Å². The van der Waals surface area contributed by atoms with Gasteiger partial charge in [-0.1, -0.05) is 88.4 Å². The Labute approximate surface area is 209 Å². The first kappa shape index (κ1) is 22.0. The van der Waals surface area contributed by atoms with Crippen molar-refractivity contribution in [2.24, 2.45) is 0 Å². The van der Waals surface area contributed by atoms with E-state index >= 15 is 0 Å². The Morgan fingerprint density at radius 1 is 0.636 bits per heavy atom. The van der Waals surface area contributed by atoms with Crippen LogP contribution in [0.4, 0.5) is 0 Å². The summed E-state index contributed by atoms with van der Waals surface area (Å²) >= 11 is 0. The standard InChI is InChI=1S/C31H26N.Ir/c1-30(2)25-11-7-8-12-26(25)31(3,4)28-19-21(14-16-27(28)30)29-24-15-13-20-9-5-6-10-22(20)23(24)17-18-32-29;/h5-13,15-19H,1-4H3;/q-1;. The molecule has 1 nitrogen and oxygen atoms in total. The summed E-state index contributed by atoms with van der Waals surface area (Å²) in [7, 11) is 0. The number of hydrogen-bond donors (Lipinski definition) is 0. The van der Waals surface area contributed by atoms with Crippen LogP contribution in [0.15, 0.2) is 85.1 Å². The molecule has 4 aromatic carbocycles. The Kier molecular flexibility index (Phi) is 5.08. The largest absolute Gasteiger partial charge is 0.304 e. The molecule has 0 aliphatic heterocycles. The van der Waals surface area contributed by atoms with E-state index in [9.17, 15) is 0 Å². The van der Waals surface area contributed by atoms with Gasteiger partial charge >= 0.3 is 0 Å². The van der Waals surface area contributed by atoms with Crippen molar-refractivity contribution in [1.29, 1.82) is 0 Å². The van der Waals surface area contributed by atoms with E-state index in [4.69, 9.17) is 4.98 Å². The molecule has 0 atom stereocenters. The molecule has 1 aromatic heterocycles. The minimum absolute atomic E-state index is 0. The molecule has 6 rings (SSSR count). The van der Waals surface area contributed by atoms with Gasteiger partial charge in [-0.05, 0) is 55.3 Å². The summed E-state index contributed by atoms with van der Waals surface area (Å²) in [6.07, 6.45) is 1.93. The van der Waals surface area contributed by atoms with Crippen molar-refractivity contribution in [3.63, 3.8) is 0 Å². The monoisotopic (exact) mass is 605 g/mol. The molecule has 33 heavy (non-hydrogen) atoms. The number of rotatable bonds is 1. The number of fused-ring (bicyclic) bond motifs is 5. The van der Waals surface area contributed by atoms with E-state index in [-0.39, 0.29) is 30.9 Å². The SMILES string of the molecule is CC1(C)c2c[c-]c(-c3nccc4c3ccc3ccccc34)cc2C(C)(C)c2ccccc21.[Ir]. The van der Waals surface area contributed by atoms with E-state index in [1.807, 2.05) is 6.20 Å². The average molecular weight is 605 g/mol. The predicted molar refractivity (Wildman–Crippen MR) is 134 cm³/mol. The molecule has 0 N–H and O–H groups in total. The molecule has 2 heteroatoms. The normalized spacial score (nSPS) is 15.5. The van der Waals surface area contributed by atoms with Crippen molar-refractivity contribution >= 4 is 21.5 Å². The van der Waals surface area contributed by atoms with Gasteiger partial charge in [-0.3, -0.25) is 0 Å². The minimum Gasteiger partial charge on any atom is -0.304 e. The molecule has 1 radical (unpaired) electrons. The second kappa shape index (κ2) is 7.62. The zero-order valence-corrected chi connectivity index (χ0v) is 21.8. The van der Waals surface area contributed by atoms with Gasteiger partial charge < -0.3 is 4.98 Å². The van der Waals surface area contributed by atoms with Crippen LogP contribution >= 0.6 is 0 Å². The zero-order chi connectivity index (χ0) is 22.1. The topological polar surface area (TPSA) is 12.9 Å². The summed E-state index contributed by atoms with van der Waals surface area (Å²) in [4.78, 5) is 4.83. The van der Waals surface area contributed by atoms with Crippen LogP contribution in [0.2, 0.25) is 0 Å². The van der Waals surface area contributed by atoms with Crippen molar-refractivity contribution in [1.82, 2.24) is 4.98 Å². The molecule has 0 spiro atoms. The van der Waals surface area contributed by atoms with Crippen molar-refractivity contribution < 1.29 is 20.1 Å². The van der Waals surface area contributed by atoms with E-state index in [1.165, 1.54) is 43.8 Å². The van der Waals surface area contributed by atoms with Crippen molar-refractivity contribution in [3.8, 4) is 11.3 Å². The van der Waals surface area contributed by atoms with Crippen LogP contribution in [0, 0.1) is 6.07 Å². The summed E-state index contributed by atoms with van der Waals surface area (Å²) in [5, 5.41) is 4.94. The third-order valence-electron chi connectivity index (χ3n) is 7.50. The van der Waals surface area contributed by atoms with E-state index < -0.39 is 0 Å². The summed E-state index contributed by atoms with van der Waals surface area (Å²) < 4.78 is 0. The van der Waals surface area contributed by atoms with Crippen LogP contribution in [0.1, 0.15) is 49.9 Å². The molecular formula is C31H26IrN-. The molecule has 0 amide bonds. The maximum atomic E-state index is 4.83. The maximum absolute atomic E-state index is 4.83. The van der Waals surface area contributed by atoms with Crippen LogP contribution in [0.25, 0.3) is 32.8 Å². The predicted octanol–water partition coefficient (Wildman–Crippen LogP) is 7.82. The van der Waals surface area contributed by atoms with Crippen LogP contribution in [-0.4, -0.2) is 4.98 Å². The molecule has 0 unspecified atom stereocenters. The third-order valence-corrected chi connectivity index (χ3v) is 7.50. The first-order valence-corrected chi connectivity index (χ1v) is 11.3. The van der Waals surface area contributed by atoms with Crippen molar-refractivity contribution in [3.05, 3.63) is 113 Å². The van der Waals surface area contributed by atoms with Gasteiger partial charge in [0.2, 0.25) is 0 Å². The molecule has 1 aliphatic carbocycles. The quantitative estimate of drug-likeness (QED) is 0.140. The molecular weight excluding hydrogens is 579 g/mol. The fourth-order valence-corrected chi connectivity index (χ4v) is 5.68. The average Bonchev–Trinajstić information content (AvgIpc) is 2.82. The Bertz CT molecular complexity index is 1530. The fourth-order valence-electron chi connectivity index (χ4n) is 5.68. The van der Waals surface area contributed by atoms with Gasteiger partial charge in [0, 0.05) is 26.3 Å². The van der Waals surface area contributed by atoms with Crippen LogP contribution in [0.5, 0.6) is 0 Å². The van der Waals surface area contributed by atoms with Crippen LogP contribution in [-0.2, 0) is 30.9 Å². The number of benzene rings is 4. The Balaban J connectivity index is 0.00000228. The molecule has 1 heterocycles. The van der Waals surface area contributed by atoms with Gasteiger partial charge in [-0.25, -0.2) is 0 Å². The smallest absolute Gasteiger partial charge is 0.0167 e. The van der Waals surface area contributed by atoms with E-state index in [1.54, 1.807) is 0 Å². The van der Waals surface area contributed by atoms with E-state index in [2.05, 4.69) is 113 Å². The van der Waals surface area contributed by atoms with E-state index in [0.717, 1.165) is 11.3 Å². The Hall–Kier alpha value is -2.80. The number of aromatic nitrogens is 1. The molecule has 0 fully saturated rings. The first-order valence-electron chi connectivity index (χ1n) is 11.3. The molecule has 165 valence electrons. The summed E-state index contributed by atoms with van der Waals surface area (Å²) in [6, 6.07) is 32.2. The van der Waals surface area contributed by atoms with Gasteiger partial charge in [-0.2, -0.15) is 0 Å². The van der Waals surface area contributed by atoms with Gasteiger partial charge in [0.25, 0.3) is 0 Å². The van der Waals surface area contributed by atoms with Crippen molar-refractivity contribution in [2.75, 3.05) is 0 Å². The first-order chi connectivity index (χ1) is 15.4. The number of pyridine rings is 1. The molecule has 5 aromatic rings. The van der Waals surface area contributed by atoms with Crippen molar-refractivity contribution in [2.45, 2.75) is 38.5 Å². The van der Waals surface area contributed by atoms with Gasteiger partial charge in [0.1, 0.15) is 0 Å². The van der Waals surface area contributed by atoms with Gasteiger partial charge in [-0.15, -0.1) is 34.9 Å². The summed E-state index contributed by atoms with van der Waals surface area (Å²) in [5.74, 6) is 0. The summed E-state index contributed by atoms with van der Waals surface area (Å²) in [5.41, 5.74) is 7.48. The summed E-state index contributed by atoms with van der Waals surface area (Å²) in [6.45, 7) is 9.34. The van der Waals surface area contributed by atoms with E-state index in [0.29, 0.717) is 0 Å². The van der Waals surface area contributed by atoms with Crippen LogP contribution < -0.4 is 0 Å². The second-order valence-electron chi connectivity index (χ2n) is 10.0. The molecule has 0 saturated carbocycles. The number of hydrogen-bond acceptors (Lipinski definition) is 1. The fraction of sp³-hybridized carbons (Fsp3) is 0.194. The van der Waals surface area contributed by atoms with Gasteiger partial charge in [0.05, 0.1) is 0 Å².